The normalized spacial score (nSPS) is 11.6. The molecule has 1 aromatic heterocycles. The molecule has 0 aliphatic rings. The zero-order chi connectivity index (χ0) is 10.7. The highest BCUT2D eigenvalue weighted by atomic mass is 35.5. The van der Waals surface area contributed by atoms with Crippen LogP contribution in [0.4, 0.5) is 4.39 Å². The Morgan fingerprint density at radius 2 is 2.13 bits per heavy atom. The van der Waals surface area contributed by atoms with Crippen molar-refractivity contribution in [1.29, 1.82) is 0 Å². The minimum Gasteiger partial charge on any atom is -0.344 e. The average Bonchev–Trinajstić information content (AvgIpc) is 2.64. The Hall–Kier alpha value is -1.28. The molecule has 0 N–H and O–H groups in total. The zero-order valence-electron chi connectivity index (χ0n) is 8.16. The van der Waals surface area contributed by atoms with E-state index in [1.54, 1.807) is 12.1 Å². The van der Waals surface area contributed by atoms with E-state index in [0.717, 1.165) is 12.1 Å². The molecule has 1 nitrogen and oxygen atoms in total. The van der Waals surface area contributed by atoms with E-state index in [0.29, 0.717) is 11.3 Å². The Balaban J connectivity index is 2.37. The first-order chi connectivity index (χ1) is 7.33. The Kier molecular flexibility index (Phi) is 3.07. The molecule has 0 unspecified atom stereocenters. The molecule has 2 aromatic rings. The summed E-state index contributed by atoms with van der Waals surface area (Å²) >= 11 is 5.53. The van der Waals surface area contributed by atoms with Gasteiger partial charge in [0.25, 0.3) is 0 Å². The molecule has 2 rings (SSSR count). The summed E-state index contributed by atoms with van der Waals surface area (Å²) in [5, 5.41) is 0.664. The number of hydrogen-bond donors (Lipinski definition) is 0. The van der Waals surface area contributed by atoms with Crippen LogP contribution in [0, 0.1) is 5.82 Å². The molecular weight excluding hydrogens is 213 g/mol. The van der Waals surface area contributed by atoms with Gasteiger partial charge in [-0.1, -0.05) is 18.2 Å². The number of allylic oxidation sites excluding steroid dienone is 2. The highest BCUT2D eigenvalue weighted by molar-refractivity contribution is 6.18. The maximum absolute atomic E-state index is 13.3. The van der Waals surface area contributed by atoms with Gasteiger partial charge in [-0.05, 0) is 18.2 Å². The maximum atomic E-state index is 13.3. The number of alkyl halides is 1. The largest absolute Gasteiger partial charge is 0.344 e. The predicted octanol–water partition coefficient (Wildman–Crippen LogP) is 3.58. The number of halogens is 2. The van der Waals surface area contributed by atoms with Crippen molar-refractivity contribution in [3.63, 3.8) is 0 Å². The average molecular weight is 224 g/mol. The highest BCUT2D eigenvalue weighted by Gasteiger charge is 2.03. The molecule has 0 fully saturated rings. The summed E-state index contributed by atoms with van der Waals surface area (Å²) in [5.41, 5.74) is 0.911. The van der Waals surface area contributed by atoms with Crippen molar-refractivity contribution in [3.05, 3.63) is 48.4 Å². The van der Waals surface area contributed by atoms with Gasteiger partial charge in [-0.2, -0.15) is 0 Å². The van der Waals surface area contributed by atoms with Crippen molar-refractivity contribution in [3.8, 4) is 0 Å². The smallest absolute Gasteiger partial charge is 0.132 e. The summed E-state index contributed by atoms with van der Waals surface area (Å²) in [6.07, 6.45) is 5.73. The fourth-order valence-electron chi connectivity index (χ4n) is 1.60. The third-order valence-corrected chi connectivity index (χ3v) is 2.50. The van der Waals surface area contributed by atoms with Crippen molar-refractivity contribution in [2.24, 2.45) is 0 Å². The van der Waals surface area contributed by atoms with Gasteiger partial charge in [0, 0.05) is 24.0 Å². The molecule has 1 aromatic carbocycles. The summed E-state index contributed by atoms with van der Waals surface area (Å²) in [6, 6.07) is 6.90. The number of aromatic nitrogens is 1. The van der Waals surface area contributed by atoms with Crippen LogP contribution in [0.1, 0.15) is 0 Å². The number of hydrogen-bond acceptors (Lipinski definition) is 0. The van der Waals surface area contributed by atoms with Crippen LogP contribution >= 0.6 is 11.6 Å². The second kappa shape index (κ2) is 4.49. The SMILES string of the molecule is Fc1cccc2c1ccn2C/C=C/CCl. The maximum Gasteiger partial charge on any atom is 0.132 e. The summed E-state index contributed by atoms with van der Waals surface area (Å²) in [6.45, 7) is 0.722. The molecule has 0 aliphatic heterocycles. The summed E-state index contributed by atoms with van der Waals surface area (Å²) in [4.78, 5) is 0. The Bertz CT molecular complexity index is 487. The molecule has 15 heavy (non-hydrogen) atoms. The van der Waals surface area contributed by atoms with Crippen molar-refractivity contribution >= 4 is 22.5 Å². The third kappa shape index (κ3) is 2.05. The van der Waals surface area contributed by atoms with E-state index in [2.05, 4.69) is 0 Å². The van der Waals surface area contributed by atoms with E-state index in [-0.39, 0.29) is 5.82 Å². The molecule has 0 atom stereocenters. The van der Waals surface area contributed by atoms with Gasteiger partial charge in [0.2, 0.25) is 0 Å². The van der Waals surface area contributed by atoms with Gasteiger partial charge in [-0.25, -0.2) is 4.39 Å². The fourth-order valence-corrected chi connectivity index (χ4v) is 1.72. The summed E-state index contributed by atoms with van der Waals surface area (Å²) < 4.78 is 15.3. The first-order valence-corrected chi connectivity index (χ1v) is 5.30. The van der Waals surface area contributed by atoms with Crippen LogP contribution in [0.5, 0.6) is 0 Å². The van der Waals surface area contributed by atoms with Gasteiger partial charge < -0.3 is 4.57 Å². The van der Waals surface area contributed by atoms with Crippen LogP contribution in [-0.2, 0) is 6.54 Å². The van der Waals surface area contributed by atoms with Crippen LogP contribution in [0.3, 0.4) is 0 Å². The lowest BCUT2D eigenvalue weighted by Gasteiger charge is -2.00. The standard InChI is InChI=1S/C12H11ClFN/c13-7-1-2-8-15-9-6-10-11(14)4-3-5-12(10)15/h1-6,9H,7-8H2/b2-1+. The second-order valence-corrected chi connectivity index (χ2v) is 3.58. The van der Waals surface area contributed by atoms with Gasteiger partial charge >= 0.3 is 0 Å². The van der Waals surface area contributed by atoms with Crippen molar-refractivity contribution in [2.75, 3.05) is 5.88 Å². The molecule has 0 radical (unpaired) electrons. The van der Waals surface area contributed by atoms with E-state index in [9.17, 15) is 4.39 Å². The van der Waals surface area contributed by atoms with Crippen LogP contribution < -0.4 is 0 Å². The fraction of sp³-hybridized carbons (Fsp3) is 0.167. The molecule has 0 aliphatic carbocycles. The van der Waals surface area contributed by atoms with E-state index in [4.69, 9.17) is 11.6 Å². The molecule has 3 heteroatoms. The lowest BCUT2D eigenvalue weighted by molar-refractivity contribution is 0.639. The quantitative estimate of drug-likeness (QED) is 0.554. The van der Waals surface area contributed by atoms with E-state index in [1.165, 1.54) is 6.07 Å². The molecule has 0 saturated heterocycles. The summed E-state index contributed by atoms with van der Waals surface area (Å²) in [5.74, 6) is 0.334. The zero-order valence-corrected chi connectivity index (χ0v) is 8.91. The molecule has 0 saturated carbocycles. The third-order valence-electron chi connectivity index (χ3n) is 2.32. The topological polar surface area (TPSA) is 4.93 Å². The first kappa shape index (κ1) is 10.2. The summed E-state index contributed by atoms with van der Waals surface area (Å²) in [7, 11) is 0. The Morgan fingerprint density at radius 1 is 1.27 bits per heavy atom. The monoisotopic (exact) mass is 223 g/mol. The molecule has 0 amide bonds. The number of benzene rings is 1. The van der Waals surface area contributed by atoms with Crippen LogP contribution in [-0.4, -0.2) is 10.4 Å². The number of rotatable bonds is 3. The lowest BCUT2D eigenvalue weighted by atomic mass is 10.2. The number of fused-ring (bicyclic) bond motifs is 1. The molecule has 78 valence electrons. The van der Waals surface area contributed by atoms with Crippen LogP contribution in [0.2, 0.25) is 0 Å². The van der Waals surface area contributed by atoms with Crippen molar-refractivity contribution in [1.82, 2.24) is 4.57 Å². The minimum atomic E-state index is -0.174. The van der Waals surface area contributed by atoms with Crippen LogP contribution in [0.15, 0.2) is 42.6 Å². The van der Waals surface area contributed by atoms with E-state index >= 15 is 0 Å². The van der Waals surface area contributed by atoms with Gasteiger partial charge in [0.05, 0.1) is 5.52 Å². The lowest BCUT2D eigenvalue weighted by Crippen LogP contribution is -1.92. The predicted molar refractivity (Wildman–Crippen MR) is 61.8 cm³/mol. The van der Waals surface area contributed by atoms with Gasteiger partial charge in [0.1, 0.15) is 5.82 Å². The Morgan fingerprint density at radius 3 is 2.93 bits per heavy atom. The van der Waals surface area contributed by atoms with Gasteiger partial charge in [0.15, 0.2) is 0 Å². The molecule has 1 heterocycles. The number of nitrogens with zero attached hydrogens (tertiary/aromatic N) is 1. The highest BCUT2D eigenvalue weighted by Crippen LogP contribution is 2.18. The molecular formula is C12H11ClFN. The first-order valence-electron chi connectivity index (χ1n) is 4.77. The van der Waals surface area contributed by atoms with Gasteiger partial charge in [-0.3, -0.25) is 0 Å². The van der Waals surface area contributed by atoms with Crippen LogP contribution in [0.25, 0.3) is 10.9 Å². The minimum absolute atomic E-state index is 0.174. The van der Waals surface area contributed by atoms with E-state index < -0.39 is 0 Å². The molecule has 0 spiro atoms. The Labute approximate surface area is 92.8 Å². The molecule has 0 bridgehead atoms. The van der Waals surface area contributed by atoms with Gasteiger partial charge in [-0.15, -0.1) is 11.6 Å². The van der Waals surface area contributed by atoms with Crippen molar-refractivity contribution < 1.29 is 4.39 Å². The van der Waals surface area contributed by atoms with E-state index in [1.807, 2.05) is 29.0 Å². The van der Waals surface area contributed by atoms with Crippen molar-refractivity contribution in [2.45, 2.75) is 6.54 Å². The second-order valence-electron chi connectivity index (χ2n) is 3.27.